The van der Waals surface area contributed by atoms with Crippen molar-refractivity contribution in [2.24, 2.45) is 0 Å². The number of benzene rings is 1. The summed E-state index contributed by atoms with van der Waals surface area (Å²) in [4.78, 5) is 0. The Balaban J connectivity index is 1.49. The molecule has 2 heterocycles. The van der Waals surface area contributed by atoms with Crippen molar-refractivity contribution in [1.29, 1.82) is 0 Å². The normalized spacial score (nSPS) is 19.4. The molecule has 2 aliphatic rings. The molecule has 0 atom stereocenters. The van der Waals surface area contributed by atoms with Gasteiger partial charge in [0, 0.05) is 6.04 Å². The lowest BCUT2D eigenvalue weighted by Crippen LogP contribution is -2.40. The van der Waals surface area contributed by atoms with E-state index in [1.165, 1.54) is 18.4 Å². The number of nitrogens with one attached hydrogen (secondary N) is 2. The molecule has 0 unspecified atom stereocenters. The first kappa shape index (κ1) is 12.8. The van der Waals surface area contributed by atoms with Crippen LogP contribution in [0.5, 0.6) is 11.5 Å². The number of fused-ring (bicyclic) bond motifs is 1. The molecule has 0 spiro atoms. The van der Waals surface area contributed by atoms with Crippen LogP contribution in [0.4, 0.5) is 0 Å². The third kappa shape index (κ3) is 3.39. The molecule has 4 heteroatoms. The lowest BCUT2D eigenvalue weighted by molar-refractivity contribution is 0.171. The third-order valence-corrected chi connectivity index (χ3v) is 3.79. The first-order valence-electron chi connectivity index (χ1n) is 7.24. The highest BCUT2D eigenvalue weighted by atomic mass is 16.6. The van der Waals surface area contributed by atoms with E-state index in [0.29, 0.717) is 19.3 Å². The molecule has 2 aliphatic heterocycles. The van der Waals surface area contributed by atoms with Crippen molar-refractivity contribution >= 4 is 0 Å². The minimum atomic E-state index is 0.656. The Morgan fingerprint density at radius 1 is 1.11 bits per heavy atom. The average molecular weight is 262 g/mol. The van der Waals surface area contributed by atoms with Gasteiger partial charge in [-0.3, -0.25) is 0 Å². The molecule has 1 saturated heterocycles. The maximum Gasteiger partial charge on any atom is 0.161 e. The first-order chi connectivity index (χ1) is 9.42. The molecule has 0 aromatic heterocycles. The first-order valence-corrected chi connectivity index (χ1v) is 7.24. The fraction of sp³-hybridized carbons (Fsp3) is 0.600. The summed E-state index contributed by atoms with van der Waals surface area (Å²) in [7, 11) is 0. The molecule has 1 aromatic rings. The van der Waals surface area contributed by atoms with Crippen LogP contribution in [0.2, 0.25) is 0 Å². The minimum Gasteiger partial charge on any atom is -0.486 e. The Kier molecular flexibility index (Phi) is 4.20. The molecule has 0 aliphatic carbocycles. The lowest BCUT2D eigenvalue weighted by Gasteiger charge is -2.24. The monoisotopic (exact) mass is 262 g/mol. The Bertz CT molecular complexity index is 417. The van der Waals surface area contributed by atoms with Crippen LogP contribution >= 0.6 is 0 Å². The number of rotatable bonds is 4. The van der Waals surface area contributed by atoms with E-state index in [1.54, 1.807) is 0 Å². The van der Waals surface area contributed by atoms with E-state index in [2.05, 4.69) is 22.8 Å². The van der Waals surface area contributed by atoms with Gasteiger partial charge in [-0.05, 0) is 56.6 Å². The van der Waals surface area contributed by atoms with Gasteiger partial charge < -0.3 is 20.1 Å². The molecular weight excluding hydrogens is 240 g/mol. The maximum atomic E-state index is 5.61. The fourth-order valence-electron chi connectivity index (χ4n) is 2.69. The zero-order valence-electron chi connectivity index (χ0n) is 11.3. The molecule has 0 amide bonds. The zero-order valence-corrected chi connectivity index (χ0v) is 11.3. The minimum absolute atomic E-state index is 0.656. The van der Waals surface area contributed by atoms with Gasteiger partial charge in [-0.2, -0.15) is 0 Å². The summed E-state index contributed by atoms with van der Waals surface area (Å²) in [5.41, 5.74) is 1.31. The highest BCUT2D eigenvalue weighted by molar-refractivity contribution is 5.43. The van der Waals surface area contributed by atoms with Crippen LogP contribution in [-0.2, 0) is 6.42 Å². The Labute approximate surface area is 114 Å². The summed E-state index contributed by atoms with van der Waals surface area (Å²) < 4.78 is 11.1. The van der Waals surface area contributed by atoms with Gasteiger partial charge in [0.05, 0.1) is 0 Å². The summed E-state index contributed by atoms with van der Waals surface area (Å²) in [6, 6.07) is 6.95. The van der Waals surface area contributed by atoms with E-state index in [0.717, 1.165) is 37.6 Å². The lowest BCUT2D eigenvalue weighted by atomic mass is 10.1. The van der Waals surface area contributed by atoms with Crippen LogP contribution < -0.4 is 20.1 Å². The van der Waals surface area contributed by atoms with Crippen molar-refractivity contribution in [2.75, 3.05) is 32.8 Å². The van der Waals surface area contributed by atoms with Gasteiger partial charge in [0.15, 0.2) is 11.5 Å². The van der Waals surface area contributed by atoms with Gasteiger partial charge in [-0.25, -0.2) is 0 Å². The molecule has 3 rings (SSSR count). The highest BCUT2D eigenvalue weighted by Crippen LogP contribution is 2.30. The number of piperidine rings is 1. The average Bonchev–Trinajstić information content (AvgIpc) is 2.48. The smallest absolute Gasteiger partial charge is 0.161 e. The molecule has 0 radical (unpaired) electrons. The van der Waals surface area contributed by atoms with Crippen LogP contribution in [0.3, 0.4) is 0 Å². The molecular formula is C15H22N2O2. The number of hydrogen-bond acceptors (Lipinski definition) is 4. The predicted octanol–water partition coefficient (Wildman–Crippen LogP) is 1.34. The number of ether oxygens (including phenoxy) is 2. The molecule has 19 heavy (non-hydrogen) atoms. The van der Waals surface area contributed by atoms with Gasteiger partial charge in [0.25, 0.3) is 0 Å². The Morgan fingerprint density at radius 3 is 2.74 bits per heavy atom. The highest BCUT2D eigenvalue weighted by Gasteiger charge is 2.13. The van der Waals surface area contributed by atoms with E-state index >= 15 is 0 Å². The Morgan fingerprint density at radius 2 is 1.89 bits per heavy atom. The van der Waals surface area contributed by atoms with Crippen molar-refractivity contribution in [2.45, 2.75) is 25.3 Å². The summed E-state index contributed by atoms with van der Waals surface area (Å²) in [6.45, 7) is 4.63. The van der Waals surface area contributed by atoms with Crippen molar-refractivity contribution in [3.63, 3.8) is 0 Å². The van der Waals surface area contributed by atoms with E-state index in [9.17, 15) is 0 Å². The molecule has 104 valence electrons. The molecule has 0 saturated carbocycles. The summed E-state index contributed by atoms with van der Waals surface area (Å²) in [5.74, 6) is 1.77. The quantitative estimate of drug-likeness (QED) is 0.859. The second kappa shape index (κ2) is 6.26. The van der Waals surface area contributed by atoms with Crippen LogP contribution in [0.1, 0.15) is 18.4 Å². The summed E-state index contributed by atoms with van der Waals surface area (Å²) in [6.07, 6.45) is 3.52. The molecule has 2 N–H and O–H groups in total. The van der Waals surface area contributed by atoms with Crippen molar-refractivity contribution in [3.8, 4) is 11.5 Å². The summed E-state index contributed by atoms with van der Waals surface area (Å²) in [5, 5.41) is 7.02. The van der Waals surface area contributed by atoms with Crippen LogP contribution in [0.25, 0.3) is 0 Å². The number of hydrogen-bond donors (Lipinski definition) is 2. The third-order valence-electron chi connectivity index (χ3n) is 3.79. The van der Waals surface area contributed by atoms with Crippen LogP contribution in [0.15, 0.2) is 18.2 Å². The van der Waals surface area contributed by atoms with Gasteiger partial charge in [0.2, 0.25) is 0 Å². The maximum absolute atomic E-state index is 5.61. The standard InChI is InChI=1S/C15H22N2O2/c1-2-14-15(19-10-9-18-14)11-12(1)3-8-17-13-4-6-16-7-5-13/h1-2,11,13,16-17H,3-10H2. The second-order valence-electron chi connectivity index (χ2n) is 5.21. The molecule has 1 fully saturated rings. The Hall–Kier alpha value is -1.26. The second-order valence-corrected chi connectivity index (χ2v) is 5.21. The molecule has 0 bridgehead atoms. The zero-order chi connectivity index (χ0) is 12.9. The van der Waals surface area contributed by atoms with E-state index in [-0.39, 0.29) is 0 Å². The molecule has 1 aromatic carbocycles. The van der Waals surface area contributed by atoms with E-state index < -0.39 is 0 Å². The van der Waals surface area contributed by atoms with Crippen molar-refractivity contribution in [3.05, 3.63) is 23.8 Å². The van der Waals surface area contributed by atoms with Gasteiger partial charge in [0.1, 0.15) is 13.2 Å². The molecule has 4 nitrogen and oxygen atoms in total. The van der Waals surface area contributed by atoms with Gasteiger partial charge in [-0.1, -0.05) is 6.07 Å². The van der Waals surface area contributed by atoms with Crippen molar-refractivity contribution in [1.82, 2.24) is 10.6 Å². The topological polar surface area (TPSA) is 42.5 Å². The van der Waals surface area contributed by atoms with Gasteiger partial charge >= 0.3 is 0 Å². The van der Waals surface area contributed by atoms with E-state index in [1.807, 2.05) is 6.07 Å². The summed E-state index contributed by atoms with van der Waals surface area (Å²) >= 11 is 0. The SMILES string of the molecule is c1cc2c(cc1CCNC1CCNCC1)OCCO2. The van der Waals surface area contributed by atoms with E-state index in [4.69, 9.17) is 9.47 Å². The predicted molar refractivity (Wildman–Crippen MR) is 75.0 cm³/mol. The van der Waals surface area contributed by atoms with Crippen LogP contribution in [-0.4, -0.2) is 38.9 Å². The van der Waals surface area contributed by atoms with Crippen molar-refractivity contribution < 1.29 is 9.47 Å². The van der Waals surface area contributed by atoms with Crippen LogP contribution in [0, 0.1) is 0 Å². The largest absolute Gasteiger partial charge is 0.486 e. The van der Waals surface area contributed by atoms with Gasteiger partial charge in [-0.15, -0.1) is 0 Å². The fourth-order valence-corrected chi connectivity index (χ4v) is 2.69.